The first-order valence-electron chi connectivity index (χ1n) is 5.57. The molecule has 0 aliphatic heterocycles. The van der Waals surface area contributed by atoms with Crippen LogP contribution < -0.4 is 5.73 Å². The van der Waals surface area contributed by atoms with E-state index in [-0.39, 0.29) is 11.7 Å². The minimum absolute atomic E-state index is 0.163. The van der Waals surface area contributed by atoms with Crippen LogP contribution in [0.1, 0.15) is 38.7 Å². The Morgan fingerprint density at radius 3 is 2.71 bits per heavy atom. The molecule has 17 heavy (non-hydrogen) atoms. The number of primary amides is 1. The smallest absolute Gasteiger partial charge is 0.405 e. The molecule has 0 aliphatic carbocycles. The molecule has 1 aromatic rings. The second-order valence-corrected chi connectivity index (χ2v) is 4.88. The van der Waals surface area contributed by atoms with Gasteiger partial charge in [0.25, 0.3) is 0 Å². The molecular formula is C13H19NO3. The number of hydrogen-bond acceptors (Lipinski definition) is 3. The van der Waals surface area contributed by atoms with Crippen molar-refractivity contribution < 1.29 is 14.6 Å². The van der Waals surface area contributed by atoms with Gasteiger partial charge < -0.3 is 15.6 Å². The van der Waals surface area contributed by atoms with E-state index in [1.165, 1.54) is 0 Å². The van der Waals surface area contributed by atoms with Gasteiger partial charge in [-0.15, -0.1) is 0 Å². The van der Waals surface area contributed by atoms with Crippen LogP contribution in [-0.4, -0.2) is 16.8 Å². The van der Waals surface area contributed by atoms with Crippen molar-refractivity contribution in [2.24, 2.45) is 5.73 Å². The Kier molecular flexibility index (Phi) is 3.99. The molecule has 0 saturated heterocycles. The standard InChI is InChI=1S/C13H19NO3/c1-9(8-13(2,3)17-12(14)16)10-5-4-6-11(15)7-10/h4-7,9,15H,8H2,1-3H3,(H2,14,16)/t9-/m1/s1. The molecule has 0 aliphatic rings. The zero-order valence-electron chi connectivity index (χ0n) is 10.4. The highest BCUT2D eigenvalue weighted by atomic mass is 16.6. The third kappa shape index (κ3) is 4.34. The number of carbonyl (C=O) groups is 1. The number of hydrogen-bond donors (Lipinski definition) is 2. The molecule has 1 atom stereocenters. The van der Waals surface area contributed by atoms with E-state index >= 15 is 0 Å². The van der Waals surface area contributed by atoms with Gasteiger partial charge in [-0.1, -0.05) is 19.1 Å². The summed E-state index contributed by atoms with van der Waals surface area (Å²) < 4.78 is 5.04. The van der Waals surface area contributed by atoms with Crippen molar-refractivity contribution >= 4 is 6.09 Å². The molecule has 0 unspecified atom stereocenters. The minimum atomic E-state index is -0.766. The summed E-state index contributed by atoms with van der Waals surface area (Å²) >= 11 is 0. The summed E-state index contributed by atoms with van der Waals surface area (Å²) in [7, 11) is 0. The summed E-state index contributed by atoms with van der Waals surface area (Å²) in [6, 6.07) is 7.07. The van der Waals surface area contributed by atoms with Gasteiger partial charge in [-0.2, -0.15) is 0 Å². The van der Waals surface area contributed by atoms with Crippen LogP contribution >= 0.6 is 0 Å². The predicted molar refractivity (Wildman–Crippen MR) is 65.9 cm³/mol. The topological polar surface area (TPSA) is 72.5 Å². The lowest BCUT2D eigenvalue weighted by Gasteiger charge is -2.27. The number of carbonyl (C=O) groups excluding carboxylic acids is 1. The summed E-state index contributed by atoms with van der Waals surface area (Å²) in [6.45, 7) is 5.65. The number of aromatic hydroxyl groups is 1. The number of benzene rings is 1. The molecule has 4 nitrogen and oxygen atoms in total. The third-order valence-corrected chi connectivity index (χ3v) is 2.61. The zero-order valence-corrected chi connectivity index (χ0v) is 10.4. The number of phenols is 1. The quantitative estimate of drug-likeness (QED) is 0.845. The third-order valence-electron chi connectivity index (χ3n) is 2.61. The largest absolute Gasteiger partial charge is 0.508 e. The summed E-state index contributed by atoms with van der Waals surface area (Å²) in [5, 5.41) is 9.40. The molecule has 3 N–H and O–H groups in total. The highest BCUT2D eigenvalue weighted by Gasteiger charge is 2.25. The second-order valence-electron chi connectivity index (χ2n) is 4.88. The van der Waals surface area contributed by atoms with Crippen molar-refractivity contribution in [3.05, 3.63) is 29.8 Å². The fraction of sp³-hybridized carbons (Fsp3) is 0.462. The van der Waals surface area contributed by atoms with Crippen LogP contribution in [0.5, 0.6) is 5.75 Å². The highest BCUT2D eigenvalue weighted by Crippen LogP contribution is 2.29. The summed E-state index contributed by atoms with van der Waals surface area (Å²) in [4.78, 5) is 10.7. The number of nitrogens with two attached hydrogens (primary N) is 1. The number of amides is 1. The molecule has 0 saturated carbocycles. The van der Waals surface area contributed by atoms with Crippen LogP contribution in [0, 0.1) is 0 Å². The molecular weight excluding hydrogens is 218 g/mol. The van der Waals surface area contributed by atoms with Crippen LogP contribution in [0.4, 0.5) is 4.79 Å². The number of ether oxygens (including phenoxy) is 1. The van der Waals surface area contributed by atoms with Gasteiger partial charge in [0.2, 0.25) is 0 Å². The van der Waals surface area contributed by atoms with E-state index in [0.29, 0.717) is 6.42 Å². The number of phenolic OH excluding ortho intramolecular Hbond substituents is 1. The summed E-state index contributed by atoms with van der Waals surface area (Å²) in [5.41, 5.74) is 5.41. The van der Waals surface area contributed by atoms with E-state index in [0.717, 1.165) is 5.56 Å². The average Bonchev–Trinajstić information content (AvgIpc) is 2.14. The van der Waals surface area contributed by atoms with E-state index in [4.69, 9.17) is 10.5 Å². The Bertz CT molecular complexity index is 401. The van der Waals surface area contributed by atoms with Crippen molar-refractivity contribution in [3.8, 4) is 5.75 Å². The van der Waals surface area contributed by atoms with E-state index in [9.17, 15) is 9.90 Å². The van der Waals surface area contributed by atoms with Gasteiger partial charge in [-0.25, -0.2) is 4.79 Å². The van der Waals surface area contributed by atoms with Crippen molar-refractivity contribution in [2.75, 3.05) is 0 Å². The van der Waals surface area contributed by atoms with E-state index < -0.39 is 11.7 Å². The van der Waals surface area contributed by atoms with Crippen molar-refractivity contribution in [2.45, 2.75) is 38.7 Å². The predicted octanol–water partition coefficient (Wildman–Crippen LogP) is 2.76. The van der Waals surface area contributed by atoms with Gasteiger partial charge >= 0.3 is 6.09 Å². The lowest BCUT2D eigenvalue weighted by atomic mass is 9.89. The molecule has 0 bridgehead atoms. The lowest BCUT2D eigenvalue weighted by Crippen LogP contribution is -2.32. The Balaban J connectivity index is 2.71. The van der Waals surface area contributed by atoms with Crippen LogP contribution in [0.2, 0.25) is 0 Å². The summed E-state index contributed by atoms with van der Waals surface area (Å²) in [5.74, 6) is 0.402. The molecule has 1 aromatic carbocycles. The van der Waals surface area contributed by atoms with Crippen LogP contribution in [0.3, 0.4) is 0 Å². The first-order valence-corrected chi connectivity index (χ1v) is 5.57. The Hall–Kier alpha value is -1.71. The van der Waals surface area contributed by atoms with Crippen molar-refractivity contribution in [1.29, 1.82) is 0 Å². The van der Waals surface area contributed by atoms with Gasteiger partial charge in [-0.05, 0) is 43.9 Å². The summed E-state index contributed by atoms with van der Waals surface area (Å²) in [6.07, 6.45) is -0.127. The molecule has 0 fully saturated rings. The van der Waals surface area contributed by atoms with Crippen LogP contribution in [0.15, 0.2) is 24.3 Å². The number of rotatable bonds is 4. The van der Waals surface area contributed by atoms with Gasteiger partial charge in [0.15, 0.2) is 0 Å². The van der Waals surface area contributed by atoms with E-state index in [2.05, 4.69) is 0 Å². The van der Waals surface area contributed by atoms with Crippen molar-refractivity contribution in [1.82, 2.24) is 0 Å². The zero-order chi connectivity index (χ0) is 13.1. The molecule has 0 heterocycles. The molecule has 1 amide bonds. The van der Waals surface area contributed by atoms with Gasteiger partial charge in [0.1, 0.15) is 11.4 Å². The van der Waals surface area contributed by atoms with Gasteiger partial charge in [0, 0.05) is 0 Å². The first-order chi connectivity index (χ1) is 7.80. The molecule has 1 rings (SSSR count). The molecule has 0 aromatic heterocycles. The second kappa shape index (κ2) is 5.08. The van der Waals surface area contributed by atoms with Crippen LogP contribution in [-0.2, 0) is 4.74 Å². The lowest BCUT2D eigenvalue weighted by molar-refractivity contribution is 0.0349. The fourth-order valence-corrected chi connectivity index (χ4v) is 2.00. The van der Waals surface area contributed by atoms with Gasteiger partial charge in [0.05, 0.1) is 0 Å². The Morgan fingerprint density at radius 1 is 1.53 bits per heavy atom. The van der Waals surface area contributed by atoms with E-state index in [1.54, 1.807) is 18.2 Å². The Labute approximate surface area is 101 Å². The van der Waals surface area contributed by atoms with E-state index in [1.807, 2.05) is 26.8 Å². The molecule has 94 valence electrons. The molecule has 0 radical (unpaired) electrons. The SMILES string of the molecule is C[C@H](CC(C)(C)OC(N)=O)c1cccc(O)c1. The van der Waals surface area contributed by atoms with Crippen molar-refractivity contribution in [3.63, 3.8) is 0 Å². The maximum atomic E-state index is 10.7. The van der Waals surface area contributed by atoms with Gasteiger partial charge in [-0.3, -0.25) is 0 Å². The molecule has 0 spiro atoms. The monoisotopic (exact) mass is 237 g/mol. The normalized spacial score (nSPS) is 13.1. The highest BCUT2D eigenvalue weighted by molar-refractivity contribution is 5.65. The average molecular weight is 237 g/mol. The Morgan fingerprint density at radius 2 is 2.18 bits per heavy atom. The first kappa shape index (κ1) is 13.4. The fourth-order valence-electron chi connectivity index (χ4n) is 2.00. The minimum Gasteiger partial charge on any atom is -0.508 e. The maximum Gasteiger partial charge on any atom is 0.405 e. The van der Waals surface area contributed by atoms with Crippen LogP contribution in [0.25, 0.3) is 0 Å². The molecule has 4 heteroatoms. The maximum absolute atomic E-state index is 10.7.